The fourth-order valence-electron chi connectivity index (χ4n) is 2.32. The number of ether oxygens (including phenoxy) is 3. The Labute approximate surface area is 145 Å². The average Bonchev–Trinajstić information content (AvgIpc) is 2.60. The Balaban J connectivity index is 1.43. The molecule has 0 saturated heterocycles. The highest BCUT2D eigenvalue weighted by Crippen LogP contribution is 2.32. The lowest BCUT2D eigenvalue weighted by Crippen LogP contribution is -2.16. The van der Waals surface area contributed by atoms with Crippen molar-refractivity contribution in [2.24, 2.45) is 0 Å². The van der Waals surface area contributed by atoms with Crippen LogP contribution in [0.15, 0.2) is 42.5 Å². The number of hydrogen-bond donors (Lipinski definition) is 1. The maximum absolute atomic E-state index is 12.0. The smallest absolute Gasteiger partial charge is 0.224 e. The van der Waals surface area contributed by atoms with E-state index in [0.717, 1.165) is 0 Å². The first-order valence-corrected chi connectivity index (χ1v) is 8.17. The number of nitrogens with one attached hydrogen (secondary N) is 1. The zero-order valence-corrected chi connectivity index (χ0v) is 13.8. The van der Waals surface area contributed by atoms with E-state index < -0.39 is 0 Å². The van der Waals surface area contributed by atoms with Gasteiger partial charge in [0.05, 0.1) is 11.6 Å². The van der Waals surface area contributed by atoms with Crippen LogP contribution in [0.3, 0.4) is 0 Å². The van der Waals surface area contributed by atoms with E-state index in [1.165, 1.54) is 0 Å². The number of hydrogen-bond acceptors (Lipinski definition) is 4. The molecule has 1 amide bonds. The summed E-state index contributed by atoms with van der Waals surface area (Å²) in [5.41, 5.74) is 0.691. The Kier molecular flexibility index (Phi) is 5.43. The molecule has 0 bridgehead atoms. The molecule has 0 spiro atoms. The highest BCUT2D eigenvalue weighted by molar-refractivity contribution is 6.32. The van der Waals surface area contributed by atoms with Crippen molar-refractivity contribution in [3.8, 4) is 17.2 Å². The topological polar surface area (TPSA) is 56.8 Å². The quantitative estimate of drug-likeness (QED) is 0.805. The van der Waals surface area contributed by atoms with Gasteiger partial charge in [-0.05, 0) is 30.7 Å². The number of halogens is 1. The third kappa shape index (κ3) is 4.32. The fraction of sp³-hybridized carbons (Fsp3) is 0.278. The lowest BCUT2D eigenvalue weighted by molar-refractivity contribution is -0.116. The van der Waals surface area contributed by atoms with Gasteiger partial charge in [0.15, 0.2) is 11.5 Å². The second-order valence-corrected chi connectivity index (χ2v) is 5.70. The summed E-state index contributed by atoms with van der Waals surface area (Å²) >= 11 is 6.00. The van der Waals surface area contributed by atoms with Gasteiger partial charge in [0.2, 0.25) is 5.91 Å². The lowest BCUT2D eigenvalue weighted by atomic mass is 10.2. The number of carbonyl (C=O) groups is 1. The molecule has 24 heavy (non-hydrogen) atoms. The number of rotatable bonds is 6. The van der Waals surface area contributed by atoms with E-state index in [0.29, 0.717) is 60.6 Å². The first kappa shape index (κ1) is 16.5. The van der Waals surface area contributed by atoms with Crippen LogP contribution in [0.5, 0.6) is 17.2 Å². The second-order valence-electron chi connectivity index (χ2n) is 5.29. The van der Waals surface area contributed by atoms with Crippen LogP contribution in [0.1, 0.15) is 12.8 Å². The molecular formula is C18H18ClNO4. The summed E-state index contributed by atoms with van der Waals surface area (Å²) in [6.07, 6.45) is 0.959. The molecule has 126 valence electrons. The Morgan fingerprint density at radius 3 is 2.75 bits per heavy atom. The molecule has 0 unspecified atom stereocenters. The number of anilines is 1. The SMILES string of the molecule is O=C(CCCOc1ccccc1Cl)Nc1ccc2c(c1)OCCO2. The molecule has 0 fully saturated rings. The fourth-order valence-corrected chi connectivity index (χ4v) is 2.51. The average molecular weight is 348 g/mol. The third-order valence-corrected chi connectivity index (χ3v) is 3.78. The van der Waals surface area contributed by atoms with E-state index in [2.05, 4.69) is 5.32 Å². The van der Waals surface area contributed by atoms with Gasteiger partial charge in [-0.2, -0.15) is 0 Å². The minimum Gasteiger partial charge on any atom is -0.492 e. The summed E-state index contributed by atoms with van der Waals surface area (Å²) in [6, 6.07) is 12.6. The Morgan fingerprint density at radius 2 is 1.92 bits per heavy atom. The van der Waals surface area contributed by atoms with E-state index in [1.54, 1.807) is 30.3 Å². The number of fused-ring (bicyclic) bond motifs is 1. The van der Waals surface area contributed by atoms with Gasteiger partial charge >= 0.3 is 0 Å². The van der Waals surface area contributed by atoms with Crippen LogP contribution in [0.4, 0.5) is 5.69 Å². The standard InChI is InChI=1S/C18H18ClNO4/c19-14-4-1-2-5-15(14)22-9-3-6-18(21)20-13-7-8-16-17(12-13)24-11-10-23-16/h1-2,4-5,7-8,12H,3,6,9-11H2,(H,20,21). The molecule has 0 saturated carbocycles. The van der Waals surface area contributed by atoms with Crippen LogP contribution in [0, 0.1) is 0 Å². The molecule has 2 aromatic carbocycles. The molecule has 0 radical (unpaired) electrons. The normalized spacial score (nSPS) is 12.5. The van der Waals surface area contributed by atoms with Gasteiger partial charge in [0.25, 0.3) is 0 Å². The van der Waals surface area contributed by atoms with Gasteiger partial charge in [0, 0.05) is 18.2 Å². The summed E-state index contributed by atoms with van der Waals surface area (Å²) in [7, 11) is 0. The van der Waals surface area contributed by atoms with Gasteiger partial charge in [-0.25, -0.2) is 0 Å². The van der Waals surface area contributed by atoms with Gasteiger partial charge in [-0.1, -0.05) is 23.7 Å². The van der Waals surface area contributed by atoms with Crippen molar-refractivity contribution < 1.29 is 19.0 Å². The minimum atomic E-state index is -0.0746. The molecule has 2 aromatic rings. The summed E-state index contributed by atoms with van der Waals surface area (Å²) in [4.78, 5) is 12.0. The number of carbonyl (C=O) groups excluding carboxylic acids is 1. The molecule has 6 heteroatoms. The predicted octanol–water partition coefficient (Wildman–Crippen LogP) is 3.91. The van der Waals surface area contributed by atoms with E-state index in [-0.39, 0.29) is 5.91 Å². The maximum Gasteiger partial charge on any atom is 0.224 e. The van der Waals surface area contributed by atoms with Crippen molar-refractivity contribution in [3.63, 3.8) is 0 Å². The summed E-state index contributed by atoms with van der Waals surface area (Å²) in [6.45, 7) is 1.49. The van der Waals surface area contributed by atoms with Crippen molar-refractivity contribution in [2.45, 2.75) is 12.8 Å². The summed E-state index contributed by atoms with van der Waals surface area (Å²) in [5, 5.41) is 3.41. The molecule has 0 aliphatic carbocycles. The van der Waals surface area contributed by atoms with Gasteiger partial charge < -0.3 is 19.5 Å². The molecule has 0 atom stereocenters. The van der Waals surface area contributed by atoms with E-state index in [4.69, 9.17) is 25.8 Å². The molecular weight excluding hydrogens is 330 g/mol. The summed E-state index contributed by atoms with van der Waals surface area (Å²) < 4.78 is 16.5. The zero-order valence-electron chi connectivity index (χ0n) is 13.1. The van der Waals surface area contributed by atoms with Crippen molar-refractivity contribution in [2.75, 3.05) is 25.1 Å². The van der Waals surface area contributed by atoms with E-state index >= 15 is 0 Å². The molecule has 1 aliphatic heterocycles. The highest BCUT2D eigenvalue weighted by atomic mass is 35.5. The van der Waals surface area contributed by atoms with Crippen molar-refractivity contribution in [1.29, 1.82) is 0 Å². The Morgan fingerprint density at radius 1 is 1.12 bits per heavy atom. The molecule has 0 aromatic heterocycles. The van der Waals surface area contributed by atoms with Crippen LogP contribution >= 0.6 is 11.6 Å². The molecule has 3 rings (SSSR count). The second kappa shape index (κ2) is 7.93. The largest absolute Gasteiger partial charge is 0.492 e. The first-order valence-electron chi connectivity index (χ1n) is 7.79. The lowest BCUT2D eigenvalue weighted by Gasteiger charge is -2.19. The number of amides is 1. The van der Waals surface area contributed by atoms with Crippen molar-refractivity contribution in [3.05, 3.63) is 47.5 Å². The summed E-state index contributed by atoms with van der Waals surface area (Å²) in [5.74, 6) is 1.91. The minimum absolute atomic E-state index is 0.0746. The van der Waals surface area contributed by atoms with Gasteiger partial charge in [0.1, 0.15) is 19.0 Å². The third-order valence-electron chi connectivity index (χ3n) is 3.47. The molecule has 5 nitrogen and oxygen atoms in total. The van der Waals surface area contributed by atoms with Crippen LogP contribution in [-0.2, 0) is 4.79 Å². The maximum atomic E-state index is 12.0. The van der Waals surface area contributed by atoms with Crippen molar-refractivity contribution in [1.82, 2.24) is 0 Å². The van der Waals surface area contributed by atoms with E-state index in [9.17, 15) is 4.79 Å². The van der Waals surface area contributed by atoms with Crippen LogP contribution < -0.4 is 19.5 Å². The number of benzene rings is 2. The highest BCUT2D eigenvalue weighted by Gasteiger charge is 2.12. The van der Waals surface area contributed by atoms with E-state index in [1.807, 2.05) is 12.1 Å². The molecule has 1 N–H and O–H groups in total. The van der Waals surface area contributed by atoms with Gasteiger partial charge in [-0.3, -0.25) is 4.79 Å². The molecule has 1 heterocycles. The monoisotopic (exact) mass is 347 g/mol. The first-order chi connectivity index (χ1) is 11.7. The number of para-hydroxylation sites is 1. The van der Waals surface area contributed by atoms with Crippen LogP contribution in [0.2, 0.25) is 5.02 Å². The predicted molar refractivity (Wildman–Crippen MR) is 92.2 cm³/mol. The van der Waals surface area contributed by atoms with Crippen LogP contribution in [0.25, 0.3) is 0 Å². The van der Waals surface area contributed by atoms with Crippen LogP contribution in [-0.4, -0.2) is 25.7 Å². The Hall–Kier alpha value is -2.40. The zero-order chi connectivity index (χ0) is 16.8. The molecule has 1 aliphatic rings. The van der Waals surface area contributed by atoms with Gasteiger partial charge in [-0.15, -0.1) is 0 Å². The Bertz CT molecular complexity index is 720. The van der Waals surface area contributed by atoms with Crippen molar-refractivity contribution >= 4 is 23.2 Å².